The molecule has 0 saturated carbocycles. The topological polar surface area (TPSA) is 81.2 Å². The largest absolute Gasteiger partial charge is 0.497 e. The van der Waals surface area contributed by atoms with Crippen LogP contribution in [0.25, 0.3) is 16.7 Å². The van der Waals surface area contributed by atoms with E-state index in [2.05, 4.69) is 15.4 Å². The molecule has 0 amide bonds. The number of fused-ring (bicyclic) bond motifs is 1. The molecule has 0 aliphatic heterocycles. The zero-order valence-corrected chi connectivity index (χ0v) is 17.2. The van der Waals surface area contributed by atoms with Crippen LogP contribution in [0, 0.1) is 6.92 Å². The number of hydrogen-bond acceptors (Lipinski definition) is 5. The van der Waals surface area contributed by atoms with Crippen molar-refractivity contribution in [2.45, 2.75) is 20.0 Å². The third-order valence-electron chi connectivity index (χ3n) is 5.07. The van der Waals surface area contributed by atoms with E-state index in [0.29, 0.717) is 24.3 Å². The summed E-state index contributed by atoms with van der Waals surface area (Å²) in [6, 6.07) is 17.3. The molecule has 0 saturated heterocycles. The van der Waals surface area contributed by atoms with Gasteiger partial charge >= 0.3 is 0 Å². The molecule has 4 aromatic rings. The number of aromatic amines is 1. The molecule has 2 N–H and O–H groups in total. The van der Waals surface area contributed by atoms with Crippen LogP contribution in [0.4, 0.5) is 0 Å². The Morgan fingerprint density at radius 3 is 2.50 bits per heavy atom. The Labute approximate surface area is 174 Å². The average Bonchev–Trinajstić information content (AvgIpc) is 3.09. The van der Waals surface area contributed by atoms with Gasteiger partial charge in [0.05, 0.1) is 25.6 Å². The van der Waals surface area contributed by atoms with Crippen molar-refractivity contribution in [1.29, 1.82) is 0 Å². The van der Waals surface area contributed by atoms with Crippen LogP contribution >= 0.6 is 0 Å². The minimum Gasteiger partial charge on any atom is -0.497 e. The lowest BCUT2D eigenvalue weighted by Crippen LogP contribution is -2.21. The van der Waals surface area contributed by atoms with Crippen molar-refractivity contribution < 1.29 is 9.47 Å². The SMILES string of the molecule is COc1ccc(OC)c(CNCc2cc3c(C)nn(-c4ccccc4)c3[nH]c2=O)c1. The number of aryl methyl sites for hydroxylation is 1. The van der Waals surface area contributed by atoms with Crippen LogP contribution in [0.1, 0.15) is 16.8 Å². The van der Waals surface area contributed by atoms with Crippen LogP contribution < -0.4 is 20.3 Å². The highest BCUT2D eigenvalue weighted by atomic mass is 16.5. The highest BCUT2D eigenvalue weighted by Gasteiger charge is 2.13. The number of benzene rings is 2. The molecule has 0 aliphatic rings. The van der Waals surface area contributed by atoms with Crippen molar-refractivity contribution >= 4 is 11.0 Å². The quantitative estimate of drug-likeness (QED) is 0.494. The van der Waals surface area contributed by atoms with Gasteiger partial charge in [-0.15, -0.1) is 0 Å². The number of pyridine rings is 1. The van der Waals surface area contributed by atoms with E-state index < -0.39 is 0 Å². The predicted molar refractivity (Wildman–Crippen MR) is 117 cm³/mol. The summed E-state index contributed by atoms with van der Waals surface area (Å²) in [6.07, 6.45) is 0. The van der Waals surface area contributed by atoms with Crippen molar-refractivity contribution in [3.05, 3.63) is 81.8 Å². The monoisotopic (exact) mass is 404 g/mol. The van der Waals surface area contributed by atoms with Gasteiger partial charge in [-0.1, -0.05) is 18.2 Å². The van der Waals surface area contributed by atoms with Gasteiger partial charge in [-0.2, -0.15) is 5.10 Å². The van der Waals surface area contributed by atoms with Gasteiger partial charge in [0.25, 0.3) is 5.56 Å². The smallest absolute Gasteiger partial charge is 0.254 e. The van der Waals surface area contributed by atoms with E-state index in [1.165, 1.54) is 0 Å². The van der Waals surface area contributed by atoms with E-state index >= 15 is 0 Å². The van der Waals surface area contributed by atoms with Gasteiger partial charge < -0.3 is 19.8 Å². The maximum Gasteiger partial charge on any atom is 0.254 e. The second-order valence-electron chi connectivity index (χ2n) is 7.00. The van der Waals surface area contributed by atoms with Gasteiger partial charge in [-0.3, -0.25) is 4.79 Å². The summed E-state index contributed by atoms with van der Waals surface area (Å²) in [5, 5.41) is 8.86. The van der Waals surface area contributed by atoms with Gasteiger partial charge in [0.1, 0.15) is 17.1 Å². The number of nitrogens with one attached hydrogen (secondary N) is 2. The third kappa shape index (κ3) is 3.79. The Hall–Kier alpha value is -3.58. The van der Waals surface area contributed by atoms with Gasteiger partial charge in [-0.25, -0.2) is 4.68 Å². The molecule has 0 spiro atoms. The van der Waals surface area contributed by atoms with E-state index in [9.17, 15) is 4.79 Å². The Kier molecular flexibility index (Phi) is 5.54. The first-order valence-corrected chi connectivity index (χ1v) is 9.69. The molecular formula is C23H24N4O3. The van der Waals surface area contributed by atoms with Gasteiger partial charge in [0.2, 0.25) is 0 Å². The summed E-state index contributed by atoms with van der Waals surface area (Å²) in [5.74, 6) is 1.53. The number of H-pyrrole nitrogens is 1. The summed E-state index contributed by atoms with van der Waals surface area (Å²) in [4.78, 5) is 15.7. The highest BCUT2D eigenvalue weighted by Crippen LogP contribution is 2.24. The number of nitrogens with zero attached hydrogens (tertiary/aromatic N) is 2. The zero-order chi connectivity index (χ0) is 21.1. The molecule has 0 fully saturated rings. The van der Waals surface area contributed by atoms with E-state index in [-0.39, 0.29) is 5.56 Å². The maximum atomic E-state index is 12.7. The van der Waals surface area contributed by atoms with E-state index in [1.54, 1.807) is 18.9 Å². The van der Waals surface area contributed by atoms with Crippen LogP contribution in [0.15, 0.2) is 59.4 Å². The fourth-order valence-electron chi connectivity index (χ4n) is 3.50. The van der Waals surface area contributed by atoms with Crippen molar-refractivity contribution in [1.82, 2.24) is 20.1 Å². The molecule has 7 nitrogen and oxygen atoms in total. The number of para-hydroxylation sites is 1. The summed E-state index contributed by atoms with van der Waals surface area (Å²) >= 11 is 0. The lowest BCUT2D eigenvalue weighted by Gasteiger charge is -2.11. The molecule has 2 aromatic heterocycles. The predicted octanol–water partition coefficient (Wildman–Crippen LogP) is 3.33. The van der Waals surface area contributed by atoms with Crippen LogP contribution in [-0.2, 0) is 13.1 Å². The Morgan fingerprint density at radius 2 is 1.77 bits per heavy atom. The highest BCUT2D eigenvalue weighted by molar-refractivity contribution is 5.80. The Morgan fingerprint density at radius 1 is 1.00 bits per heavy atom. The molecule has 0 aliphatic carbocycles. The van der Waals surface area contributed by atoms with Crippen LogP contribution in [0.2, 0.25) is 0 Å². The third-order valence-corrected chi connectivity index (χ3v) is 5.07. The van der Waals surface area contributed by atoms with Gasteiger partial charge in [0, 0.05) is 29.6 Å². The fraction of sp³-hybridized carbons (Fsp3) is 0.217. The maximum absolute atomic E-state index is 12.7. The molecular weight excluding hydrogens is 380 g/mol. The van der Waals surface area contributed by atoms with Crippen molar-refractivity contribution in [3.8, 4) is 17.2 Å². The minimum atomic E-state index is -0.135. The number of methoxy groups -OCH3 is 2. The van der Waals surface area contributed by atoms with Crippen LogP contribution in [0.5, 0.6) is 11.5 Å². The average molecular weight is 404 g/mol. The second kappa shape index (κ2) is 8.42. The Balaban J connectivity index is 1.58. The Bertz CT molecular complexity index is 1230. The normalized spacial score (nSPS) is 11.0. The first-order chi connectivity index (χ1) is 14.6. The first kappa shape index (κ1) is 19.7. The molecule has 154 valence electrons. The summed E-state index contributed by atoms with van der Waals surface area (Å²) in [6.45, 7) is 2.90. The van der Waals surface area contributed by atoms with Crippen molar-refractivity contribution in [3.63, 3.8) is 0 Å². The zero-order valence-electron chi connectivity index (χ0n) is 17.2. The van der Waals surface area contributed by atoms with Gasteiger partial charge in [0.15, 0.2) is 0 Å². The minimum absolute atomic E-state index is 0.135. The lowest BCUT2D eigenvalue weighted by atomic mass is 10.1. The van der Waals surface area contributed by atoms with E-state index in [0.717, 1.165) is 33.8 Å². The molecule has 30 heavy (non-hydrogen) atoms. The summed E-state index contributed by atoms with van der Waals surface area (Å²) in [7, 11) is 3.27. The van der Waals surface area contributed by atoms with E-state index in [4.69, 9.17) is 9.47 Å². The lowest BCUT2D eigenvalue weighted by molar-refractivity contribution is 0.397. The van der Waals surface area contributed by atoms with E-state index in [1.807, 2.05) is 61.5 Å². The molecule has 2 heterocycles. The van der Waals surface area contributed by atoms with Crippen LogP contribution in [0.3, 0.4) is 0 Å². The molecule has 0 atom stereocenters. The number of aromatic nitrogens is 3. The van der Waals surface area contributed by atoms with Crippen molar-refractivity contribution in [2.24, 2.45) is 0 Å². The molecule has 7 heteroatoms. The summed E-state index contributed by atoms with van der Waals surface area (Å²) < 4.78 is 12.5. The second-order valence-corrected chi connectivity index (χ2v) is 7.00. The molecule has 0 bridgehead atoms. The van der Waals surface area contributed by atoms with Crippen LogP contribution in [-0.4, -0.2) is 29.0 Å². The standard InChI is InChI=1S/C23H24N4O3/c1-15-20-12-17(14-24-13-16-11-19(29-2)9-10-21(16)30-3)23(28)25-22(20)27(26-15)18-7-5-4-6-8-18/h4-12,24H,13-14H2,1-3H3,(H,25,28). The summed E-state index contributed by atoms with van der Waals surface area (Å²) in [5.41, 5.74) is 3.94. The fourth-order valence-corrected chi connectivity index (χ4v) is 3.50. The molecule has 4 rings (SSSR count). The molecule has 0 unspecified atom stereocenters. The molecule has 0 radical (unpaired) electrons. The molecule has 2 aromatic carbocycles. The van der Waals surface area contributed by atoms with Gasteiger partial charge in [-0.05, 0) is 43.3 Å². The van der Waals surface area contributed by atoms with Crippen molar-refractivity contribution in [2.75, 3.05) is 14.2 Å². The number of hydrogen-bond donors (Lipinski definition) is 2. The number of ether oxygens (including phenoxy) is 2. The first-order valence-electron chi connectivity index (χ1n) is 9.69. The number of rotatable bonds is 7.